The van der Waals surface area contributed by atoms with Gasteiger partial charge in [0.2, 0.25) is 0 Å². The van der Waals surface area contributed by atoms with Gasteiger partial charge in [-0.2, -0.15) is 23.5 Å². The van der Waals surface area contributed by atoms with Crippen LogP contribution in [-0.4, -0.2) is 45.0 Å². The van der Waals surface area contributed by atoms with Gasteiger partial charge in [-0.15, -0.1) is 23.5 Å². The van der Waals surface area contributed by atoms with Crippen LogP contribution in [0.2, 0.25) is 0 Å². The Kier molecular flexibility index (Phi) is 15.9. The topological polar surface area (TPSA) is 0 Å². The summed E-state index contributed by atoms with van der Waals surface area (Å²) in [6.45, 7) is 0. The molecule has 0 radical (unpaired) electrons. The summed E-state index contributed by atoms with van der Waals surface area (Å²) >= 11 is 8.30. The van der Waals surface area contributed by atoms with Crippen molar-refractivity contribution in [3.05, 3.63) is 132 Å². The first-order valence-corrected chi connectivity index (χ1v) is 20.3. The summed E-state index contributed by atoms with van der Waals surface area (Å²) in [6, 6.07) is 43.6. The zero-order chi connectivity index (χ0) is 27.5. The van der Waals surface area contributed by atoms with E-state index in [0.29, 0.717) is 10.5 Å². The molecule has 0 aliphatic heterocycles. The predicted octanol–water partition coefficient (Wildman–Crippen LogP) is 10.6. The molecule has 4 rings (SSSR count). The molecule has 40 heavy (non-hydrogen) atoms. The van der Waals surface area contributed by atoms with Gasteiger partial charge < -0.3 is 0 Å². The van der Waals surface area contributed by atoms with E-state index in [1.165, 1.54) is 43.9 Å². The molecule has 6 heteroatoms. The van der Waals surface area contributed by atoms with E-state index in [1.807, 2.05) is 23.5 Å². The lowest BCUT2D eigenvalue weighted by atomic mass is 10.2. The first kappa shape index (κ1) is 31.9. The summed E-state index contributed by atoms with van der Waals surface area (Å²) in [5.41, 5.74) is 2.88. The molecule has 0 saturated heterocycles. The number of thioether (sulfide) groups is 4. The third-order valence-corrected chi connectivity index (χ3v) is 14.4. The summed E-state index contributed by atoms with van der Waals surface area (Å²) in [7, 11) is 4.16. The van der Waals surface area contributed by atoms with Crippen molar-refractivity contribution >= 4 is 68.6 Å². The second kappa shape index (κ2) is 20.0. The molecule has 0 bridgehead atoms. The van der Waals surface area contributed by atoms with Crippen LogP contribution in [0.3, 0.4) is 0 Å². The third-order valence-electron chi connectivity index (χ3n) is 6.12. The van der Waals surface area contributed by atoms with E-state index < -0.39 is 0 Å². The van der Waals surface area contributed by atoms with E-state index in [4.69, 9.17) is 0 Å². The van der Waals surface area contributed by atoms with Gasteiger partial charge in [0, 0.05) is 43.3 Å². The van der Waals surface area contributed by atoms with E-state index in [2.05, 4.69) is 166 Å². The van der Waals surface area contributed by atoms with Crippen LogP contribution in [0.5, 0.6) is 0 Å². The smallest absolute Gasteiger partial charge is 0.0240 e. The lowest BCUT2D eigenvalue weighted by Crippen LogP contribution is -2.13. The standard InChI is InChI=1S/C34H38S6/c1-5-13-29(14-6-1)21-23-35-33(25-37-31-17-9-3-10-18-31)27-39-40-28-34(26-38-32-19-11-4-12-20-32)36-24-22-30-15-7-2-8-16-30/h1-20,33-34H,21-28H2. The van der Waals surface area contributed by atoms with Gasteiger partial charge in [0.25, 0.3) is 0 Å². The molecule has 210 valence electrons. The predicted molar refractivity (Wildman–Crippen MR) is 192 cm³/mol. The Balaban J connectivity index is 1.24. The van der Waals surface area contributed by atoms with Crippen molar-refractivity contribution in [3.8, 4) is 0 Å². The molecule has 2 atom stereocenters. The SMILES string of the molecule is c1ccc(CCSC(CSSCC(CSc2ccccc2)SCCc2ccccc2)CSc2ccccc2)cc1. The number of rotatable bonds is 19. The largest absolute Gasteiger partial charge is 0.156 e. The van der Waals surface area contributed by atoms with Crippen LogP contribution in [0.1, 0.15) is 11.1 Å². The van der Waals surface area contributed by atoms with E-state index in [9.17, 15) is 0 Å². The van der Waals surface area contributed by atoms with Gasteiger partial charge in [-0.05, 0) is 59.7 Å². The summed E-state index contributed by atoms with van der Waals surface area (Å²) in [5, 5.41) is 1.29. The number of hydrogen-bond acceptors (Lipinski definition) is 6. The van der Waals surface area contributed by atoms with Gasteiger partial charge in [0.15, 0.2) is 0 Å². The molecule has 0 fully saturated rings. The molecule has 0 spiro atoms. The van der Waals surface area contributed by atoms with Gasteiger partial charge in [0.05, 0.1) is 0 Å². The first-order chi connectivity index (χ1) is 19.8. The van der Waals surface area contributed by atoms with E-state index in [0.717, 1.165) is 24.3 Å². The summed E-state index contributed by atoms with van der Waals surface area (Å²) in [6.07, 6.45) is 2.29. The lowest BCUT2D eigenvalue weighted by molar-refractivity contribution is 1.11. The van der Waals surface area contributed by atoms with Crippen LogP contribution < -0.4 is 0 Å². The lowest BCUT2D eigenvalue weighted by Gasteiger charge is -2.18. The highest BCUT2D eigenvalue weighted by atomic mass is 33.1. The number of benzene rings is 4. The molecule has 2 unspecified atom stereocenters. The minimum atomic E-state index is 0.647. The van der Waals surface area contributed by atoms with E-state index in [1.54, 1.807) is 0 Å². The molecule has 4 aromatic carbocycles. The second-order valence-corrected chi connectivity index (χ2v) is 16.8. The normalized spacial score (nSPS) is 12.7. The van der Waals surface area contributed by atoms with Crippen LogP contribution in [0.25, 0.3) is 0 Å². The fourth-order valence-corrected chi connectivity index (χ4v) is 12.5. The fourth-order valence-electron chi connectivity index (χ4n) is 3.92. The van der Waals surface area contributed by atoms with Crippen molar-refractivity contribution in [1.29, 1.82) is 0 Å². The zero-order valence-electron chi connectivity index (χ0n) is 22.8. The Bertz CT molecular complexity index is 1060. The minimum absolute atomic E-state index is 0.647. The van der Waals surface area contributed by atoms with Gasteiger partial charge in [-0.3, -0.25) is 0 Å². The Morgan fingerprint density at radius 1 is 0.400 bits per heavy atom. The van der Waals surface area contributed by atoms with Crippen molar-refractivity contribution in [2.45, 2.75) is 33.1 Å². The van der Waals surface area contributed by atoms with Crippen LogP contribution in [0.4, 0.5) is 0 Å². The monoisotopic (exact) mass is 638 g/mol. The molecule has 0 aromatic heterocycles. The van der Waals surface area contributed by atoms with Crippen molar-refractivity contribution in [1.82, 2.24) is 0 Å². The molecule has 4 aromatic rings. The maximum absolute atomic E-state index is 2.25. The van der Waals surface area contributed by atoms with Gasteiger partial charge in [0.1, 0.15) is 0 Å². The van der Waals surface area contributed by atoms with E-state index in [-0.39, 0.29) is 0 Å². The number of aryl methyl sites for hydroxylation is 2. The quantitative estimate of drug-likeness (QED) is 0.0565. The average molecular weight is 639 g/mol. The maximum Gasteiger partial charge on any atom is 0.0240 e. The summed E-state index contributed by atoms with van der Waals surface area (Å²) in [5.74, 6) is 7.07. The molecule has 0 aliphatic carbocycles. The van der Waals surface area contributed by atoms with Gasteiger partial charge in [-0.1, -0.05) is 119 Å². The molecule has 0 nitrogen and oxygen atoms in total. The van der Waals surface area contributed by atoms with Crippen molar-refractivity contribution in [3.63, 3.8) is 0 Å². The maximum atomic E-state index is 2.25. The number of hydrogen-bond donors (Lipinski definition) is 0. The molecular formula is C34H38S6. The van der Waals surface area contributed by atoms with Gasteiger partial charge >= 0.3 is 0 Å². The van der Waals surface area contributed by atoms with Gasteiger partial charge in [-0.25, -0.2) is 0 Å². The first-order valence-electron chi connectivity index (χ1n) is 13.8. The third kappa shape index (κ3) is 13.3. The summed E-state index contributed by atoms with van der Waals surface area (Å²) in [4.78, 5) is 2.75. The van der Waals surface area contributed by atoms with E-state index >= 15 is 0 Å². The van der Waals surface area contributed by atoms with Crippen molar-refractivity contribution in [2.24, 2.45) is 0 Å². The fraction of sp³-hybridized carbons (Fsp3) is 0.294. The molecule has 0 heterocycles. The minimum Gasteiger partial charge on any atom is -0.156 e. The van der Waals surface area contributed by atoms with Crippen LogP contribution in [0, 0.1) is 0 Å². The zero-order valence-corrected chi connectivity index (χ0v) is 27.7. The summed E-state index contributed by atoms with van der Waals surface area (Å²) < 4.78 is 0. The van der Waals surface area contributed by atoms with Crippen molar-refractivity contribution < 1.29 is 0 Å². The van der Waals surface area contributed by atoms with Crippen LogP contribution in [-0.2, 0) is 12.8 Å². The van der Waals surface area contributed by atoms with Crippen LogP contribution in [0.15, 0.2) is 131 Å². The highest BCUT2D eigenvalue weighted by Crippen LogP contribution is 2.34. The molecule has 0 amide bonds. The van der Waals surface area contributed by atoms with Crippen molar-refractivity contribution in [2.75, 3.05) is 34.5 Å². The molecule has 0 aliphatic rings. The second-order valence-electron chi connectivity index (χ2n) is 9.27. The molecular weight excluding hydrogens is 601 g/mol. The molecule has 0 N–H and O–H groups in total. The van der Waals surface area contributed by atoms with Crippen LogP contribution >= 0.6 is 68.6 Å². The Hall–Kier alpha value is -1.02. The Labute approximate surface area is 266 Å². The Morgan fingerprint density at radius 3 is 1.12 bits per heavy atom. The highest BCUT2D eigenvalue weighted by Gasteiger charge is 2.14. The molecule has 0 saturated carbocycles. The Morgan fingerprint density at radius 2 is 0.750 bits per heavy atom. The average Bonchev–Trinajstić information content (AvgIpc) is 3.02. The highest BCUT2D eigenvalue weighted by molar-refractivity contribution is 8.76.